The zero-order chi connectivity index (χ0) is 29.1. The molecule has 0 bridgehead atoms. The fraction of sp³-hybridized carbons (Fsp3) is 0.308. The quantitative estimate of drug-likeness (QED) is 0.354. The van der Waals surface area contributed by atoms with Gasteiger partial charge in [-0.15, -0.1) is 5.10 Å². The second-order valence-electron chi connectivity index (χ2n) is 9.42. The average Bonchev–Trinajstić information content (AvgIpc) is 3.41. The number of amides is 3. The Labute approximate surface area is 244 Å². The van der Waals surface area contributed by atoms with Crippen molar-refractivity contribution in [3.8, 4) is 0 Å². The fourth-order valence-corrected chi connectivity index (χ4v) is 5.05. The number of aromatic nitrogens is 3. The molecule has 0 spiro atoms. The molecule has 3 N–H and O–H groups in total. The summed E-state index contributed by atoms with van der Waals surface area (Å²) in [7, 11) is 0. The Bertz CT molecular complexity index is 1470. The lowest BCUT2D eigenvalue weighted by atomic mass is 9.96. The second-order valence-corrected chi connectivity index (χ2v) is 10.6. The molecule has 0 saturated heterocycles. The number of hydrogen-bond donors (Lipinski definition) is 3. The van der Waals surface area contributed by atoms with E-state index in [1.54, 1.807) is 35.2 Å². The molecule has 3 aromatic rings. The number of nitrogens with one attached hydrogen (secondary N) is 2. The standard InChI is InChI=1S/C26H25Cl3N6O5/c1-13(2)35-12-20(32-33-35)23(36)30-10-19(26(39)40)31-24(37)21-18(28)9-15-11-34(8-7-17(15)22(21)29)25(38)14-3-5-16(27)6-4-14/h3-6,9,12-13,19H,7-8,10-11H2,1-2H3,(H,30,36)(H,31,37)(H,39,40). The number of fused-ring (bicyclic) bond motifs is 1. The van der Waals surface area contributed by atoms with Gasteiger partial charge in [0.15, 0.2) is 5.69 Å². The zero-order valence-electron chi connectivity index (χ0n) is 21.5. The van der Waals surface area contributed by atoms with Gasteiger partial charge in [-0.1, -0.05) is 40.0 Å². The molecule has 14 heteroatoms. The van der Waals surface area contributed by atoms with Crippen molar-refractivity contribution in [2.45, 2.75) is 38.9 Å². The number of carboxylic acid groups (broad SMARTS) is 1. The molecule has 0 radical (unpaired) electrons. The van der Waals surface area contributed by atoms with Crippen molar-refractivity contribution in [1.82, 2.24) is 30.5 Å². The normalized spacial score (nSPS) is 13.5. The van der Waals surface area contributed by atoms with Gasteiger partial charge in [0, 0.05) is 36.3 Å². The minimum absolute atomic E-state index is 0.000478. The van der Waals surface area contributed by atoms with Crippen molar-refractivity contribution >= 4 is 58.5 Å². The Morgan fingerprint density at radius 2 is 1.77 bits per heavy atom. The van der Waals surface area contributed by atoms with Gasteiger partial charge < -0.3 is 20.6 Å². The van der Waals surface area contributed by atoms with Crippen molar-refractivity contribution in [1.29, 1.82) is 0 Å². The molecule has 40 heavy (non-hydrogen) atoms. The first-order valence-corrected chi connectivity index (χ1v) is 13.4. The van der Waals surface area contributed by atoms with E-state index in [0.717, 1.165) is 0 Å². The average molecular weight is 608 g/mol. The molecule has 4 rings (SSSR count). The van der Waals surface area contributed by atoms with E-state index in [1.807, 2.05) is 13.8 Å². The molecule has 0 saturated carbocycles. The van der Waals surface area contributed by atoms with Crippen LogP contribution in [0.1, 0.15) is 62.2 Å². The maximum atomic E-state index is 13.1. The molecule has 2 heterocycles. The monoisotopic (exact) mass is 606 g/mol. The van der Waals surface area contributed by atoms with E-state index >= 15 is 0 Å². The second kappa shape index (κ2) is 12.2. The van der Waals surface area contributed by atoms with Crippen LogP contribution in [0.25, 0.3) is 0 Å². The Hall–Kier alpha value is -3.67. The highest BCUT2D eigenvalue weighted by Gasteiger charge is 2.30. The van der Waals surface area contributed by atoms with Crippen molar-refractivity contribution in [3.63, 3.8) is 0 Å². The highest BCUT2D eigenvalue weighted by Crippen LogP contribution is 2.35. The summed E-state index contributed by atoms with van der Waals surface area (Å²) in [6.07, 6.45) is 1.80. The molecule has 3 amide bonds. The largest absolute Gasteiger partial charge is 0.480 e. The van der Waals surface area contributed by atoms with E-state index in [4.69, 9.17) is 34.8 Å². The predicted molar refractivity (Wildman–Crippen MR) is 148 cm³/mol. The summed E-state index contributed by atoms with van der Waals surface area (Å²) in [6.45, 7) is 3.88. The van der Waals surface area contributed by atoms with Gasteiger partial charge in [-0.25, -0.2) is 9.48 Å². The van der Waals surface area contributed by atoms with Gasteiger partial charge in [0.25, 0.3) is 17.7 Å². The molecule has 1 aliphatic heterocycles. The van der Waals surface area contributed by atoms with Gasteiger partial charge in [0.05, 0.1) is 21.8 Å². The van der Waals surface area contributed by atoms with Crippen LogP contribution in [0.3, 0.4) is 0 Å². The van der Waals surface area contributed by atoms with Crippen LogP contribution >= 0.6 is 34.8 Å². The molecule has 2 aromatic carbocycles. The minimum Gasteiger partial charge on any atom is -0.480 e. The van der Waals surface area contributed by atoms with Crippen LogP contribution in [0.2, 0.25) is 15.1 Å². The lowest BCUT2D eigenvalue weighted by molar-refractivity contribution is -0.139. The number of benzene rings is 2. The Morgan fingerprint density at radius 1 is 1.07 bits per heavy atom. The SMILES string of the molecule is CC(C)n1cc(C(=O)NCC(NC(=O)c2c(Cl)cc3c(c2Cl)CCN(C(=O)c2ccc(Cl)cc2)C3)C(=O)O)nn1. The molecule has 210 valence electrons. The van der Waals surface area contributed by atoms with Crippen LogP contribution in [-0.4, -0.2) is 67.8 Å². The molecule has 1 unspecified atom stereocenters. The van der Waals surface area contributed by atoms with Crippen molar-refractivity contribution in [2.24, 2.45) is 0 Å². The highest BCUT2D eigenvalue weighted by atomic mass is 35.5. The number of rotatable bonds is 8. The first-order valence-electron chi connectivity index (χ1n) is 12.2. The fourth-order valence-electron chi connectivity index (χ4n) is 4.16. The van der Waals surface area contributed by atoms with Gasteiger partial charge in [-0.3, -0.25) is 14.4 Å². The molecule has 0 fully saturated rings. The Balaban J connectivity index is 1.45. The summed E-state index contributed by atoms with van der Waals surface area (Å²) in [5, 5.41) is 22.7. The number of nitrogens with zero attached hydrogens (tertiary/aromatic N) is 4. The number of halogens is 3. The van der Waals surface area contributed by atoms with Crippen LogP contribution in [0.5, 0.6) is 0 Å². The first-order chi connectivity index (χ1) is 19.0. The number of carboxylic acids is 1. The maximum absolute atomic E-state index is 13.1. The van der Waals surface area contributed by atoms with E-state index < -0.39 is 30.4 Å². The predicted octanol–water partition coefficient (Wildman–Crippen LogP) is 3.63. The lowest BCUT2D eigenvalue weighted by Crippen LogP contribution is -2.48. The van der Waals surface area contributed by atoms with Gasteiger partial charge >= 0.3 is 5.97 Å². The van der Waals surface area contributed by atoms with Gasteiger partial charge in [-0.05, 0) is 61.7 Å². The maximum Gasteiger partial charge on any atom is 0.328 e. The van der Waals surface area contributed by atoms with Gasteiger partial charge in [-0.2, -0.15) is 0 Å². The molecule has 0 aliphatic carbocycles. The van der Waals surface area contributed by atoms with E-state index in [-0.39, 0.29) is 39.8 Å². The van der Waals surface area contributed by atoms with Crippen LogP contribution in [0.15, 0.2) is 36.5 Å². The third kappa shape index (κ3) is 6.38. The van der Waals surface area contributed by atoms with E-state index in [2.05, 4.69) is 20.9 Å². The van der Waals surface area contributed by atoms with Crippen LogP contribution in [-0.2, 0) is 17.8 Å². The molecular formula is C26H25Cl3N6O5. The number of carbonyl (C=O) groups is 4. The summed E-state index contributed by atoms with van der Waals surface area (Å²) in [5.74, 6) is -3.02. The summed E-state index contributed by atoms with van der Waals surface area (Å²) in [6, 6.07) is 6.62. The van der Waals surface area contributed by atoms with Crippen LogP contribution < -0.4 is 10.6 Å². The first kappa shape index (κ1) is 29.3. The Morgan fingerprint density at radius 3 is 2.40 bits per heavy atom. The van der Waals surface area contributed by atoms with E-state index in [1.165, 1.54) is 10.9 Å². The molecule has 1 atom stereocenters. The molecular weight excluding hydrogens is 583 g/mol. The van der Waals surface area contributed by atoms with Crippen LogP contribution in [0, 0.1) is 0 Å². The summed E-state index contributed by atoms with van der Waals surface area (Å²) in [4.78, 5) is 51.9. The number of carbonyl (C=O) groups excluding carboxylic acids is 3. The lowest BCUT2D eigenvalue weighted by Gasteiger charge is -2.30. The third-order valence-corrected chi connectivity index (χ3v) is 7.32. The molecule has 1 aliphatic rings. The molecule has 11 nitrogen and oxygen atoms in total. The van der Waals surface area contributed by atoms with Crippen molar-refractivity contribution in [2.75, 3.05) is 13.1 Å². The topological polar surface area (TPSA) is 147 Å². The summed E-state index contributed by atoms with van der Waals surface area (Å²) >= 11 is 18.9. The number of aliphatic carboxylic acids is 1. The van der Waals surface area contributed by atoms with Gasteiger partial charge in [0.1, 0.15) is 6.04 Å². The van der Waals surface area contributed by atoms with Crippen molar-refractivity contribution in [3.05, 3.63) is 79.5 Å². The van der Waals surface area contributed by atoms with Crippen molar-refractivity contribution < 1.29 is 24.3 Å². The molecule has 1 aromatic heterocycles. The third-order valence-electron chi connectivity index (χ3n) is 6.35. The number of hydrogen-bond acceptors (Lipinski definition) is 6. The zero-order valence-corrected chi connectivity index (χ0v) is 23.7. The summed E-state index contributed by atoms with van der Waals surface area (Å²) < 4.78 is 1.48. The van der Waals surface area contributed by atoms with E-state index in [9.17, 15) is 24.3 Å². The highest BCUT2D eigenvalue weighted by molar-refractivity contribution is 6.40. The van der Waals surface area contributed by atoms with Gasteiger partial charge in [0.2, 0.25) is 0 Å². The minimum atomic E-state index is -1.48. The van der Waals surface area contributed by atoms with E-state index in [0.29, 0.717) is 34.7 Å². The smallest absolute Gasteiger partial charge is 0.328 e. The van der Waals surface area contributed by atoms with Crippen LogP contribution in [0.4, 0.5) is 0 Å². The summed E-state index contributed by atoms with van der Waals surface area (Å²) in [5.41, 5.74) is 1.73. The Kier molecular flexibility index (Phi) is 8.97.